The molecule has 1 amide bonds. The maximum Gasteiger partial charge on any atom is 0.308 e. The van der Waals surface area contributed by atoms with E-state index in [-0.39, 0.29) is 24.2 Å². The van der Waals surface area contributed by atoms with Crippen molar-refractivity contribution in [3.05, 3.63) is 77.3 Å². The molecule has 1 saturated heterocycles. The van der Waals surface area contributed by atoms with Gasteiger partial charge in [0.15, 0.2) is 0 Å². The lowest BCUT2D eigenvalue weighted by Crippen LogP contribution is -2.43. The van der Waals surface area contributed by atoms with Crippen LogP contribution in [-0.2, 0) is 19.9 Å². The molecule has 1 fully saturated rings. The number of ether oxygens (including phenoxy) is 1. The van der Waals surface area contributed by atoms with Crippen LogP contribution in [0.1, 0.15) is 23.5 Å². The number of esters is 1. The minimum absolute atomic E-state index is 0.156. The molecule has 4 nitrogen and oxygen atoms in total. The summed E-state index contributed by atoms with van der Waals surface area (Å²) in [6, 6.07) is 14.8. The molecule has 126 valence electrons. The van der Waals surface area contributed by atoms with E-state index < -0.39 is 5.60 Å². The van der Waals surface area contributed by atoms with Crippen LogP contribution in [0.5, 0.6) is 0 Å². The molecule has 0 bridgehead atoms. The summed E-state index contributed by atoms with van der Waals surface area (Å²) < 4.78 is 5.72. The smallest absolute Gasteiger partial charge is 0.308 e. The second kappa shape index (κ2) is 5.74. The largest absolute Gasteiger partial charge is 0.443 e. The van der Waals surface area contributed by atoms with Crippen molar-refractivity contribution in [2.45, 2.75) is 17.9 Å². The maximum absolute atomic E-state index is 13.4. The van der Waals surface area contributed by atoms with Gasteiger partial charge in [-0.3, -0.25) is 9.59 Å². The van der Waals surface area contributed by atoms with Crippen LogP contribution in [-0.4, -0.2) is 18.4 Å². The number of rotatable bonds is 3. The van der Waals surface area contributed by atoms with E-state index in [1.807, 2.05) is 30.3 Å². The first kappa shape index (κ1) is 15.9. The standard InChI is InChI=1S/C20H16ClNO3/c1-2-10-22-17-9-8-14(21)11-16(17)20(19(22)24)15(12-18(23)25-20)13-6-4-3-5-7-13/h2-9,11,15H,1,10,12H2/t15-,20+/m1/s1. The fraction of sp³-hybridized carbons (Fsp3) is 0.200. The van der Waals surface area contributed by atoms with Crippen molar-refractivity contribution in [1.82, 2.24) is 0 Å². The van der Waals surface area contributed by atoms with Crippen LogP contribution in [0.2, 0.25) is 5.02 Å². The van der Waals surface area contributed by atoms with E-state index in [2.05, 4.69) is 6.58 Å². The molecule has 0 aromatic heterocycles. The molecule has 5 heteroatoms. The summed E-state index contributed by atoms with van der Waals surface area (Å²) in [5, 5.41) is 0.501. The molecule has 2 aromatic rings. The minimum atomic E-state index is -1.36. The van der Waals surface area contributed by atoms with Gasteiger partial charge in [-0.1, -0.05) is 48.0 Å². The number of anilines is 1. The van der Waals surface area contributed by atoms with Crippen LogP contribution >= 0.6 is 11.6 Å². The molecule has 2 atom stereocenters. The molecule has 0 N–H and O–H groups in total. The minimum Gasteiger partial charge on any atom is -0.443 e. The molecular weight excluding hydrogens is 338 g/mol. The predicted octanol–water partition coefficient (Wildman–Crippen LogP) is 3.80. The molecule has 2 aliphatic rings. The molecule has 4 rings (SSSR count). The number of hydrogen-bond acceptors (Lipinski definition) is 3. The summed E-state index contributed by atoms with van der Waals surface area (Å²) in [7, 11) is 0. The van der Waals surface area contributed by atoms with E-state index in [4.69, 9.17) is 16.3 Å². The molecule has 2 aromatic carbocycles. The van der Waals surface area contributed by atoms with E-state index in [1.165, 1.54) is 0 Å². The number of amides is 1. The third-order valence-electron chi connectivity index (χ3n) is 4.86. The summed E-state index contributed by atoms with van der Waals surface area (Å²) >= 11 is 6.20. The van der Waals surface area contributed by atoms with Crippen LogP contribution < -0.4 is 4.90 Å². The van der Waals surface area contributed by atoms with Gasteiger partial charge in [-0.15, -0.1) is 6.58 Å². The molecule has 2 aliphatic heterocycles. The molecular formula is C20H16ClNO3. The van der Waals surface area contributed by atoms with Crippen LogP contribution in [0.4, 0.5) is 5.69 Å². The number of nitrogens with zero attached hydrogens (tertiary/aromatic N) is 1. The molecule has 25 heavy (non-hydrogen) atoms. The first-order valence-electron chi connectivity index (χ1n) is 8.07. The number of hydrogen-bond donors (Lipinski definition) is 0. The van der Waals surface area contributed by atoms with Gasteiger partial charge in [0.05, 0.1) is 12.1 Å². The summed E-state index contributed by atoms with van der Waals surface area (Å²) in [6.07, 6.45) is 1.81. The lowest BCUT2D eigenvalue weighted by atomic mass is 9.78. The van der Waals surface area contributed by atoms with E-state index >= 15 is 0 Å². The van der Waals surface area contributed by atoms with E-state index in [0.29, 0.717) is 22.8 Å². The Morgan fingerprint density at radius 1 is 1.24 bits per heavy atom. The molecule has 1 spiro atoms. The molecule has 0 saturated carbocycles. The molecule has 0 radical (unpaired) electrons. The van der Waals surface area contributed by atoms with E-state index in [9.17, 15) is 9.59 Å². The van der Waals surface area contributed by atoms with Gasteiger partial charge in [-0.2, -0.15) is 0 Å². The molecule has 0 unspecified atom stereocenters. The molecule has 0 aliphatic carbocycles. The zero-order chi connectivity index (χ0) is 17.6. The number of fused-ring (bicyclic) bond motifs is 2. The Balaban J connectivity index is 1.95. The lowest BCUT2D eigenvalue weighted by Gasteiger charge is -2.28. The summed E-state index contributed by atoms with van der Waals surface area (Å²) in [5.41, 5.74) is 0.895. The van der Waals surface area contributed by atoms with Crippen molar-refractivity contribution >= 4 is 29.2 Å². The highest BCUT2D eigenvalue weighted by atomic mass is 35.5. The fourth-order valence-corrected chi connectivity index (χ4v) is 4.02. The lowest BCUT2D eigenvalue weighted by molar-refractivity contribution is -0.157. The molecule has 2 heterocycles. The van der Waals surface area contributed by atoms with Crippen molar-refractivity contribution in [3.8, 4) is 0 Å². The van der Waals surface area contributed by atoms with Gasteiger partial charge in [-0.05, 0) is 23.8 Å². The van der Waals surface area contributed by atoms with Gasteiger partial charge in [0.1, 0.15) is 0 Å². The monoisotopic (exact) mass is 353 g/mol. The number of halogens is 1. The van der Waals surface area contributed by atoms with Gasteiger partial charge in [0.25, 0.3) is 5.91 Å². The van der Waals surface area contributed by atoms with Crippen molar-refractivity contribution in [1.29, 1.82) is 0 Å². The van der Waals surface area contributed by atoms with Crippen LogP contribution in [0.3, 0.4) is 0 Å². The maximum atomic E-state index is 13.4. The SMILES string of the molecule is C=CCN1C(=O)[C@@]2(OC(=O)C[C@@H]2c2ccccc2)c2cc(Cl)ccc21. The Hall–Kier alpha value is -2.59. The predicted molar refractivity (Wildman–Crippen MR) is 95.6 cm³/mol. The highest BCUT2D eigenvalue weighted by Crippen LogP contribution is 2.55. The first-order chi connectivity index (χ1) is 12.1. The number of benzene rings is 2. The van der Waals surface area contributed by atoms with Gasteiger partial charge in [0, 0.05) is 23.0 Å². The highest BCUT2D eigenvalue weighted by Gasteiger charge is 2.63. The Bertz CT molecular complexity index is 880. The number of carbonyl (C=O) groups excluding carboxylic acids is 2. The van der Waals surface area contributed by atoms with Crippen molar-refractivity contribution < 1.29 is 14.3 Å². The van der Waals surface area contributed by atoms with Crippen molar-refractivity contribution in [2.24, 2.45) is 0 Å². The van der Waals surface area contributed by atoms with Gasteiger partial charge in [-0.25, -0.2) is 0 Å². The zero-order valence-electron chi connectivity index (χ0n) is 13.4. The van der Waals surface area contributed by atoms with Crippen molar-refractivity contribution in [2.75, 3.05) is 11.4 Å². The number of carbonyl (C=O) groups is 2. The first-order valence-corrected chi connectivity index (χ1v) is 8.45. The summed E-state index contributed by atoms with van der Waals surface area (Å²) in [6.45, 7) is 4.07. The summed E-state index contributed by atoms with van der Waals surface area (Å²) in [5.74, 6) is -1.02. The van der Waals surface area contributed by atoms with E-state index in [1.54, 1.807) is 29.2 Å². The van der Waals surface area contributed by atoms with E-state index in [0.717, 1.165) is 5.56 Å². The summed E-state index contributed by atoms with van der Waals surface area (Å²) in [4.78, 5) is 27.2. The zero-order valence-corrected chi connectivity index (χ0v) is 14.2. The third kappa shape index (κ3) is 2.21. The van der Waals surface area contributed by atoms with Crippen LogP contribution in [0.25, 0.3) is 0 Å². The normalized spacial score (nSPS) is 24.5. The third-order valence-corrected chi connectivity index (χ3v) is 5.10. The fourth-order valence-electron chi connectivity index (χ4n) is 3.85. The topological polar surface area (TPSA) is 46.6 Å². The Kier molecular flexibility index (Phi) is 3.65. The highest BCUT2D eigenvalue weighted by molar-refractivity contribution is 6.31. The average molecular weight is 354 g/mol. The van der Waals surface area contributed by atoms with Gasteiger partial charge in [0.2, 0.25) is 5.60 Å². The Morgan fingerprint density at radius 2 is 2.00 bits per heavy atom. The van der Waals surface area contributed by atoms with Gasteiger partial charge >= 0.3 is 5.97 Å². The quantitative estimate of drug-likeness (QED) is 0.623. The second-order valence-electron chi connectivity index (χ2n) is 6.24. The van der Waals surface area contributed by atoms with Gasteiger partial charge < -0.3 is 9.64 Å². The van der Waals surface area contributed by atoms with Crippen molar-refractivity contribution in [3.63, 3.8) is 0 Å². The average Bonchev–Trinajstić information content (AvgIpc) is 3.08. The second-order valence-corrected chi connectivity index (χ2v) is 6.68. The van der Waals surface area contributed by atoms with Crippen LogP contribution in [0, 0.1) is 0 Å². The Labute approximate surface area is 150 Å². The van der Waals surface area contributed by atoms with Crippen LogP contribution in [0.15, 0.2) is 61.2 Å². The Morgan fingerprint density at radius 3 is 2.72 bits per heavy atom.